The fourth-order valence-electron chi connectivity index (χ4n) is 0.910. The number of rotatable bonds is 8. The molecule has 13 heavy (non-hydrogen) atoms. The normalized spacial score (nSPS) is 12.8. The SMILES string of the molecule is CCON[C@@H](CCCCN)C(=O)O. The van der Waals surface area contributed by atoms with E-state index in [1.165, 1.54) is 0 Å². The molecule has 0 radical (unpaired) electrons. The van der Waals surface area contributed by atoms with Gasteiger partial charge in [0.15, 0.2) is 0 Å². The maximum Gasteiger partial charge on any atom is 0.323 e. The topological polar surface area (TPSA) is 84.6 Å². The van der Waals surface area contributed by atoms with Crippen molar-refractivity contribution in [3.63, 3.8) is 0 Å². The van der Waals surface area contributed by atoms with Gasteiger partial charge < -0.3 is 15.7 Å². The predicted molar refractivity (Wildman–Crippen MR) is 49.1 cm³/mol. The van der Waals surface area contributed by atoms with Crippen LogP contribution in [0.25, 0.3) is 0 Å². The molecule has 0 saturated heterocycles. The Morgan fingerprint density at radius 1 is 1.62 bits per heavy atom. The van der Waals surface area contributed by atoms with Crippen LogP contribution in [0.5, 0.6) is 0 Å². The first-order chi connectivity index (χ1) is 6.22. The number of hydrogen-bond acceptors (Lipinski definition) is 4. The zero-order valence-corrected chi connectivity index (χ0v) is 7.95. The van der Waals surface area contributed by atoms with Gasteiger partial charge in [-0.2, -0.15) is 5.48 Å². The Bertz CT molecular complexity index is 141. The maximum absolute atomic E-state index is 10.6. The second-order valence-electron chi connectivity index (χ2n) is 2.73. The Kier molecular flexibility index (Phi) is 7.57. The van der Waals surface area contributed by atoms with Crippen molar-refractivity contribution in [1.82, 2.24) is 5.48 Å². The zero-order valence-electron chi connectivity index (χ0n) is 7.95. The molecule has 0 spiro atoms. The van der Waals surface area contributed by atoms with Crippen LogP contribution < -0.4 is 11.2 Å². The van der Waals surface area contributed by atoms with Crippen LogP contribution in [0.15, 0.2) is 0 Å². The first-order valence-corrected chi connectivity index (χ1v) is 4.52. The van der Waals surface area contributed by atoms with Crippen LogP contribution >= 0.6 is 0 Å². The molecule has 0 aromatic rings. The van der Waals surface area contributed by atoms with Gasteiger partial charge in [0.25, 0.3) is 0 Å². The molecule has 5 heteroatoms. The minimum absolute atomic E-state index is 0.459. The van der Waals surface area contributed by atoms with Crippen LogP contribution in [0.2, 0.25) is 0 Å². The highest BCUT2D eigenvalue weighted by Crippen LogP contribution is 2.00. The molecule has 0 heterocycles. The minimum atomic E-state index is -0.884. The van der Waals surface area contributed by atoms with Gasteiger partial charge in [-0.15, -0.1) is 0 Å². The molecule has 0 aromatic heterocycles. The molecule has 78 valence electrons. The highest BCUT2D eigenvalue weighted by atomic mass is 16.6. The molecule has 0 aliphatic rings. The van der Waals surface area contributed by atoms with Crippen LogP contribution in [0.4, 0.5) is 0 Å². The highest BCUT2D eigenvalue weighted by Gasteiger charge is 2.15. The minimum Gasteiger partial charge on any atom is -0.480 e. The summed E-state index contributed by atoms with van der Waals surface area (Å²) in [5.41, 5.74) is 7.78. The fourth-order valence-corrected chi connectivity index (χ4v) is 0.910. The maximum atomic E-state index is 10.6. The van der Waals surface area contributed by atoms with Gasteiger partial charge in [-0.3, -0.25) is 4.79 Å². The Balaban J connectivity index is 3.61. The molecule has 0 rings (SSSR count). The van der Waals surface area contributed by atoms with Crippen molar-refractivity contribution >= 4 is 5.97 Å². The average molecular weight is 190 g/mol. The van der Waals surface area contributed by atoms with Gasteiger partial charge in [-0.05, 0) is 32.7 Å². The smallest absolute Gasteiger partial charge is 0.323 e. The number of aliphatic carboxylic acids is 1. The van der Waals surface area contributed by atoms with Crippen LogP contribution in [-0.4, -0.2) is 30.3 Å². The molecule has 0 aromatic carbocycles. The summed E-state index contributed by atoms with van der Waals surface area (Å²) in [6.07, 6.45) is 2.19. The lowest BCUT2D eigenvalue weighted by molar-refractivity contribution is -0.144. The van der Waals surface area contributed by atoms with E-state index < -0.39 is 12.0 Å². The summed E-state index contributed by atoms with van der Waals surface area (Å²) < 4.78 is 0. The van der Waals surface area contributed by atoms with Gasteiger partial charge in [-0.25, -0.2) is 0 Å². The van der Waals surface area contributed by atoms with E-state index in [4.69, 9.17) is 15.7 Å². The van der Waals surface area contributed by atoms with E-state index in [-0.39, 0.29) is 0 Å². The number of carboxylic acid groups (broad SMARTS) is 1. The summed E-state index contributed by atoms with van der Waals surface area (Å²) in [7, 11) is 0. The van der Waals surface area contributed by atoms with Crippen LogP contribution in [0, 0.1) is 0 Å². The second-order valence-corrected chi connectivity index (χ2v) is 2.73. The summed E-state index contributed by atoms with van der Waals surface area (Å²) in [6, 6.07) is -0.619. The lowest BCUT2D eigenvalue weighted by Crippen LogP contribution is -2.36. The van der Waals surface area contributed by atoms with Gasteiger partial charge in [0.05, 0.1) is 6.61 Å². The Morgan fingerprint density at radius 2 is 2.31 bits per heavy atom. The quantitative estimate of drug-likeness (QED) is 0.373. The fraction of sp³-hybridized carbons (Fsp3) is 0.875. The lowest BCUT2D eigenvalue weighted by Gasteiger charge is -2.12. The molecule has 0 amide bonds. The van der Waals surface area contributed by atoms with Crippen LogP contribution in [-0.2, 0) is 9.63 Å². The monoisotopic (exact) mass is 190 g/mol. The number of unbranched alkanes of at least 4 members (excludes halogenated alkanes) is 1. The zero-order chi connectivity index (χ0) is 10.1. The first-order valence-electron chi connectivity index (χ1n) is 4.52. The van der Waals surface area contributed by atoms with Crippen LogP contribution in [0.1, 0.15) is 26.2 Å². The summed E-state index contributed by atoms with van der Waals surface area (Å²) in [5.74, 6) is -0.884. The predicted octanol–water partition coefficient (Wildman–Crippen LogP) is 0.110. The standard InChI is InChI=1S/C8H18N2O3/c1-2-13-10-7(8(11)12)5-3-4-6-9/h7,10H,2-6,9H2,1H3,(H,11,12)/t7-/m0/s1. The molecule has 0 saturated carbocycles. The Morgan fingerprint density at radius 3 is 2.77 bits per heavy atom. The van der Waals surface area contributed by atoms with Gasteiger partial charge in [0.2, 0.25) is 0 Å². The molecular weight excluding hydrogens is 172 g/mol. The van der Waals surface area contributed by atoms with Crippen molar-refractivity contribution in [1.29, 1.82) is 0 Å². The van der Waals surface area contributed by atoms with Crippen molar-refractivity contribution < 1.29 is 14.7 Å². The van der Waals surface area contributed by atoms with Crippen molar-refractivity contribution in [2.45, 2.75) is 32.2 Å². The molecule has 4 N–H and O–H groups in total. The molecule has 0 unspecified atom stereocenters. The summed E-state index contributed by atoms with van der Waals surface area (Å²) in [6.45, 7) is 2.85. The van der Waals surface area contributed by atoms with Gasteiger partial charge in [-0.1, -0.05) is 0 Å². The molecular formula is C8H18N2O3. The number of nitrogens with one attached hydrogen (secondary N) is 1. The van der Waals surface area contributed by atoms with E-state index in [2.05, 4.69) is 5.48 Å². The Labute approximate surface area is 78.2 Å². The van der Waals surface area contributed by atoms with Crippen molar-refractivity contribution in [3.8, 4) is 0 Å². The van der Waals surface area contributed by atoms with Gasteiger partial charge in [0.1, 0.15) is 6.04 Å². The van der Waals surface area contributed by atoms with Crippen molar-refractivity contribution in [3.05, 3.63) is 0 Å². The summed E-state index contributed by atoms with van der Waals surface area (Å²) >= 11 is 0. The van der Waals surface area contributed by atoms with Gasteiger partial charge in [0, 0.05) is 0 Å². The largest absolute Gasteiger partial charge is 0.480 e. The van der Waals surface area contributed by atoms with E-state index in [9.17, 15) is 4.79 Å². The molecule has 5 nitrogen and oxygen atoms in total. The third-order valence-electron chi connectivity index (χ3n) is 1.61. The number of carbonyl (C=O) groups is 1. The van der Waals surface area contributed by atoms with E-state index >= 15 is 0 Å². The van der Waals surface area contributed by atoms with E-state index in [1.807, 2.05) is 0 Å². The molecule has 0 fully saturated rings. The molecule has 1 atom stereocenters. The van der Waals surface area contributed by atoms with Crippen molar-refractivity contribution in [2.75, 3.05) is 13.2 Å². The molecule has 0 bridgehead atoms. The van der Waals surface area contributed by atoms with E-state index in [0.29, 0.717) is 19.6 Å². The summed E-state index contributed by atoms with van der Waals surface area (Å²) in [4.78, 5) is 15.5. The third-order valence-corrected chi connectivity index (χ3v) is 1.61. The average Bonchev–Trinajstić information content (AvgIpc) is 2.10. The Hall–Kier alpha value is -0.650. The lowest BCUT2D eigenvalue weighted by atomic mass is 10.1. The highest BCUT2D eigenvalue weighted by molar-refractivity contribution is 5.73. The molecule has 0 aliphatic heterocycles. The third kappa shape index (κ3) is 6.51. The number of carboxylic acids is 1. The summed E-state index contributed by atoms with van der Waals surface area (Å²) in [5, 5.41) is 8.73. The van der Waals surface area contributed by atoms with E-state index in [0.717, 1.165) is 12.8 Å². The number of nitrogens with two attached hydrogens (primary N) is 1. The van der Waals surface area contributed by atoms with Crippen molar-refractivity contribution in [2.24, 2.45) is 5.73 Å². The van der Waals surface area contributed by atoms with E-state index in [1.54, 1.807) is 6.92 Å². The number of hydroxylamine groups is 1. The number of hydrogen-bond donors (Lipinski definition) is 3. The van der Waals surface area contributed by atoms with Gasteiger partial charge >= 0.3 is 5.97 Å². The second kappa shape index (κ2) is 7.97. The first kappa shape index (κ1) is 12.3. The van der Waals surface area contributed by atoms with Crippen LogP contribution in [0.3, 0.4) is 0 Å². The molecule has 0 aliphatic carbocycles.